The van der Waals surface area contributed by atoms with Crippen LogP contribution < -0.4 is 19.9 Å². The zero-order chi connectivity index (χ0) is 20.2. The first-order chi connectivity index (χ1) is 14.1. The number of pyridine rings is 1. The number of aromatic nitrogens is 1. The second kappa shape index (κ2) is 8.51. The van der Waals surface area contributed by atoms with E-state index < -0.39 is 5.92 Å². The summed E-state index contributed by atoms with van der Waals surface area (Å²) >= 11 is 0. The van der Waals surface area contributed by atoms with Gasteiger partial charge in [-0.2, -0.15) is 0 Å². The van der Waals surface area contributed by atoms with Crippen molar-refractivity contribution in [1.82, 2.24) is 4.98 Å². The summed E-state index contributed by atoms with van der Waals surface area (Å²) < 4.78 is 5.15. The van der Waals surface area contributed by atoms with Crippen LogP contribution in [0, 0.1) is 5.92 Å². The van der Waals surface area contributed by atoms with Crippen molar-refractivity contribution >= 4 is 29.0 Å². The van der Waals surface area contributed by atoms with Gasteiger partial charge in [0.05, 0.1) is 24.9 Å². The number of carbonyl (C=O) groups is 2. The number of nitrogens with one attached hydrogen (secondary N) is 1. The standard InChI is InChI=1S/C22H26N4O3/c1-29-19-8-5-17(6-9-19)26-15-16(13-21(26)27)22(28)24-20-10-7-18(14-23-20)25-11-3-2-4-12-25/h5-10,14,16H,2-4,11-13,15H2,1H3,(H,23,24,28). The first-order valence-electron chi connectivity index (χ1n) is 10.1. The molecule has 7 nitrogen and oxygen atoms in total. The fourth-order valence-electron chi connectivity index (χ4n) is 3.92. The molecule has 2 aliphatic rings. The van der Waals surface area contributed by atoms with Gasteiger partial charge in [-0.05, 0) is 55.7 Å². The molecule has 0 spiro atoms. The summed E-state index contributed by atoms with van der Waals surface area (Å²) in [5.74, 6) is 0.629. The first kappa shape index (κ1) is 19.2. The lowest BCUT2D eigenvalue weighted by atomic mass is 10.1. The molecule has 2 aromatic rings. The Morgan fingerprint density at radius 1 is 1.07 bits per heavy atom. The Balaban J connectivity index is 1.36. The summed E-state index contributed by atoms with van der Waals surface area (Å²) in [6.07, 6.45) is 5.71. The molecule has 3 heterocycles. The Hall–Kier alpha value is -3.09. The number of methoxy groups -OCH3 is 1. The topological polar surface area (TPSA) is 74.8 Å². The molecule has 0 bridgehead atoms. The van der Waals surface area contributed by atoms with Crippen molar-refractivity contribution in [3.63, 3.8) is 0 Å². The van der Waals surface area contributed by atoms with Crippen molar-refractivity contribution in [2.75, 3.05) is 41.9 Å². The van der Waals surface area contributed by atoms with Crippen LogP contribution in [-0.4, -0.2) is 43.5 Å². The van der Waals surface area contributed by atoms with Gasteiger partial charge in [0.15, 0.2) is 0 Å². The van der Waals surface area contributed by atoms with Crippen molar-refractivity contribution < 1.29 is 14.3 Å². The maximum Gasteiger partial charge on any atom is 0.230 e. The smallest absolute Gasteiger partial charge is 0.230 e. The molecule has 1 unspecified atom stereocenters. The van der Waals surface area contributed by atoms with E-state index in [0.717, 1.165) is 30.2 Å². The predicted octanol–water partition coefficient (Wildman–Crippen LogP) is 3.07. The first-order valence-corrected chi connectivity index (χ1v) is 10.1. The lowest BCUT2D eigenvalue weighted by Gasteiger charge is -2.28. The molecule has 29 heavy (non-hydrogen) atoms. The van der Waals surface area contributed by atoms with Crippen LogP contribution >= 0.6 is 0 Å². The zero-order valence-electron chi connectivity index (χ0n) is 16.6. The Bertz CT molecular complexity index is 861. The van der Waals surface area contributed by atoms with Crippen LogP contribution in [0.1, 0.15) is 25.7 Å². The SMILES string of the molecule is COc1ccc(N2CC(C(=O)Nc3ccc(N4CCCCC4)cn3)CC2=O)cc1. The molecule has 0 radical (unpaired) electrons. The largest absolute Gasteiger partial charge is 0.497 e. The van der Waals surface area contributed by atoms with E-state index in [-0.39, 0.29) is 18.2 Å². The van der Waals surface area contributed by atoms with Gasteiger partial charge in [-0.1, -0.05) is 0 Å². The van der Waals surface area contributed by atoms with Crippen LogP contribution in [0.2, 0.25) is 0 Å². The highest BCUT2D eigenvalue weighted by Crippen LogP contribution is 2.27. The molecular weight excluding hydrogens is 368 g/mol. The van der Waals surface area contributed by atoms with Crippen LogP contribution in [0.15, 0.2) is 42.6 Å². The van der Waals surface area contributed by atoms with Gasteiger partial charge in [-0.15, -0.1) is 0 Å². The Labute approximate surface area is 170 Å². The highest BCUT2D eigenvalue weighted by atomic mass is 16.5. The number of amides is 2. The van der Waals surface area contributed by atoms with Gasteiger partial charge >= 0.3 is 0 Å². The molecule has 2 saturated heterocycles. The van der Waals surface area contributed by atoms with Crippen molar-refractivity contribution in [3.8, 4) is 5.75 Å². The lowest BCUT2D eigenvalue weighted by molar-refractivity contribution is -0.122. The molecule has 2 amide bonds. The van der Waals surface area contributed by atoms with Gasteiger partial charge in [0.2, 0.25) is 11.8 Å². The van der Waals surface area contributed by atoms with Crippen LogP contribution in [-0.2, 0) is 9.59 Å². The molecule has 4 rings (SSSR count). The third kappa shape index (κ3) is 4.34. The molecule has 152 valence electrons. The number of hydrogen-bond acceptors (Lipinski definition) is 5. The van der Waals surface area contributed by atoms with E-state index in [2.05, 4.69) is 15.2 Å². The van der Waals surface area contributed by atoms with E-state index >= 15 is 0 Å². The van der Waals surface area contributed by atoms with E-state index in [9.17, 15) is 9.59 Å². The third-order valence-electron chi connectivity index (χ3n) is 5.60. The maximum atomic E-state index is 12.7. The summed E-state index contributed by atoms with van der Waals surface area (Å²) in [6, 6.07) is 11.1. The molecule has 7 heteroatoms. The molecule has 1 aromatic carbocycles. The number of piperidine rings is 1. The molecule has 1 atom stereocenters. The van der Waals surface area contributed by atoms with Crippen molar-refractivity contribution in [3.05, 3.63) is 42.6 Å². The molecule has 2 aliphatic heterocycles. The molecule has 1 N–H and O–H groups in total. The van der Waals surface area contributed by atoms with Gasteiger partial charge < -0.3 is 19.9 Å². The summed E-state index contributed by atoms with van der Waals surface area (Å²) in [7, 11) is 1.60. The van der Waals surface area contributed by atoms with Crippen LogP contribution in [0.3, 0.4) is 0 Å². The van der Waals surface area contributed by atoms with E-state index in [1.165, 1.54) is 19.3 Å². The van der Waals surface area contributed by atoms with Crippen molar-refractivity contribution in [2.24, 2.45) is 5.92 Å². The van der Waals surface area contributed by atoms with Gasteiger partial charge in [0.25, 0.3) is 0 Å². The minimum atomic E-state index is -0.395. The van der Waals surface area contributed by atoms with Gasteiger partial charge in [0.1, 0.15) is 11.6 Å². The molecule has 0 saturated carbocycles. The quantitative estimate of drug-likeness (QED) is 0.844. The molecule has 1 aromatic heterocycles. The highest BCUT2D eigenvalue weighted by molar-refractivity contribution is 6.03. The van der Waals surface area contributed by atoms with Gasteiger partial charge in [-0.3, -0.25) is 9.59 Å². The summed E-state index contributed by atoms with van der Waals surface area (Å²) in [5.41, 5.74) is 1.86. The monoisotopic (exact) mass is 394 g/mol. The average molecular weight is 394 g/mol. The second-order valence-corrected chi connectivity index (χ2v) is 7.54. The summed E-state index contributed by atoms with van der Waals surface area (Å²) in [4.78, 5) is 33.4. The normalized spacial score (nSPS) is 19.3. The second-order valence-electron chi connectivity index (χ2n) is 7.54. The molecule has 0 aliphatic carbocycles. The Morgan fingerprint density at radius 3 is 2.45 bits per heavy atom. The summed E-state index contributed by atoms with van der Waals surface area (Å²) in [5, 5.41) is 2.86. The number of anilines is 3. The minimum absolute atomic E-state index is 0.0521. The van der Waals surface area contributed by atoms with E-state index in [1.807, 2.05) is 42.6 Å². The lowest BCUT2D eigenvalue weighted by Crippen LogP contribution is -2.29. The summed E-state index contributed by atoms with van der Waals surface area (Å²) in [6.45, 7) is 2.47. The number of carbonyl (C=O) groups excluding carboxylic acids is 2. The predicted molar refractivity (Wildman–Crippen MR) is 112 cm³/mol. The number of ether oxygens (including phenoxy) is 1. The number of hydrogen-bond donors (Lipinski definition) is 1. The van der Waals surface area contributed by atoms with Crippen molar-refractivity contribution in [1.29, 1.82) is 0 Å². The van der Waals surface area contributed by atoms with E-state index in [0.29, 0.717) is 12.4 Å². The van der Waals surface area contributed by atoms with Gasteiger partial charge in [-0.25, -0.2) is 4.98 Å². The molecule has 2 fully saturated rings. The van der Waals surface area contributed by atoms with Crippen LogP contribution in [0.25, 0.3) is 0 Å². The Morgan fingerprint density at radius 2 is 1.79 bits per heavy atom. The van der Waals surface area contributed by atoms with E-state index in [1.54, 1.807) is 12.0 Å². The van der Waals surface area contributed by atoms with Crippen molar-refractivity contribution in [2.45, 2.75) is 25.7 Å². The Kier molecular flexibility index (Phi) is 5.64. The minimum Gasteiger partial charge on any atom is -0.497 e. The average Bonchev–Trinajstić information content (AvgIpc) is 3.17. The highest BCUT2D eigenvalue weighted by Gasteiger charge is 2.35. The fraction of sp³-hybridized carbons (Fsp3) is 0.409. The van der Waals surface area contributed by atoms with E-state index in [4.69, 9.17) is 4.74 Å². The maximum absolute atomic E-state index is 12.7. The van der Waals surface area contributed by atoms with Gasteiger partial charge in [0, 0.05) is 31.7 Å². The fourth-order valence-corrected chi connectivity index (χ4v) is 3.92. The number of rotatable bonds is 5. The number of nitrogens with zero attached hydrogens (tertiary/aromatic N) is 3. The number of benzene rings is 1. The third-order valence-corrected chi connectivity index (χ3v) is 5.60. The zero-order valence-corrected chi connectivity index (χ0v) is 16.6. The van der Waals surface area contributed by atoms with Crippen LogP contribution in [0.5, 0.6) is 5.75 Å². The molecular formula is C22H26N4O3. The van der Waals surface area contributed by atoms with Crippen LogP contribution in [0.4, 0.5) is 17.2 Å².